The van der Waals surface area contributed by atoms with Crippen LogP contribution in [0.1, 0.15) is 5.56 Å². The number of sulfone groups is 1. The molecule has 0 unspecified atom stereocenters. The average Bonchev–Trinajstić information content (AvgIpc) is 2.14. The topological polar surface area (TPSA) is 34.1 Å². The molecule has 1 rings (SSSR count). The van der Waals surface area contributed by atoms with Gasteiger partial charge >= 0.3 is 0 Å². The number of halogens is 1. The van der Waals surface area contributed by atoms with Gasteiger partial charge in [0.15, 0.2) is 0 Å². The number of thioether (sulfide) groups is 1. The highest BCUT2D eigenvalue weighted by Gasteiger charge is 2.01. The molecule has 0 radical (unpaired) electrons. The molecule has 0 aromatic heterocycles. The normalized spacial score (nSPS) is 11.6. The molecule has 1 aromatic rings. The Kier molecular flexibility index (Phi) is 5.15. The van der Waals surface area contributed by atoms with E-state index >= 15 is 0 Å². The van der Waals surface area contributed by atoms with Crippen molar-refractivity contribution >= 4 is 37.5 Å². The molecule has 0 fully saturated rings. The van der Waals surface area contributed by atoms with Gasteiger partial charge in [-0.05, 0) is 17.7 Å². The maximum Gasteiger partial charge on any atom is 0.148 e. The zero-order valence-corrected chi connectivity index (χ0v) is 11.7. The SMILES string of the molecule is CS(=O)(=O)CCSCc1ccc(Br)cc1. The van der Waals surface area contributed by atoms with E-state index in [1.54, 1.807) is 11.8 Å². The second-order valence-corrected chi connectivity index (χ2v) is 7.59. The van der Waals surface area contributed by atoms with Crippen LogP contribution >= 0.6 is 27.7 Å². The van der Waals surface area contributed by atoms with E-state index in [1.165, 1.54) is 11.8 Å². The summed E-state index contributed by atoms with van der Waals surface area (Å²) >= 11 is 5.01. The van der Waals surface area contributed by atoms with E-state index in [0.717, 1.165) is 10.2 Å². The van der Waals surface area contributed by atoms with Crippen LogP contribution in [0.25, 0.3) is 0 Å². The lowest BCUT2D eigenvalue weighted by Crippen LogP contribution is -2.05. The zero-order valence-electron chi connectivity index (χ0n) is 8.44. The molecule has 0 bridgehead atoms. The van der Waals surface area contributed by atoms with E-state index in [4.69, 9.17) is 0 Å². The molecular formula is C10H13BrO2S2. The van der Waals surface area contributed by atoms with E-state index < -0.39 is 9.84 Å². The van der Waals surface area contributed by atoms with E-state index in [-0.39, 0.29) is 5.75 Å². The van der Waals surface area contributed by atoms with Gasteiger partial charge in [0.2, 0.25) is 0 Å². The minimum atomic E-state index is -2.81. The molecule has 15 heavy (non-hydrogen) atoms. The van der Waals surface area contributed by atoms with E-state index in [9.17, 15) is 8.42 Å². The summed E-state index contributed by atoms with van der Waals surface area (Å²) in [5, 5.41) is 0. The van der Waals surface area contributed by atoms with Crippen molar-refractivity contribution in [2.24, 2.45) is 0 Å². The van der Waals surface area contributed by atoms with Gasteiger partial charge < -0.3 is 0 Å². The molecule has 0 aliphatic rings. The standard InChI is InChI=1S/C10H13BrO2S2/c1-15(12,13)7-6-14-8-9-2-4-10(11)5-3-9/h2-5H,6-8H2,1H3. The third-order valence-corrected chi connectivity index (χ3v) is 4.54. The fourth-order valence-corrected chi connectivity index (χ4v) is 3.50. The first-order chi connectivity index (χ1) is 6.97. The van der Waals surface area contributed by atoms with Crippen LogP contribution in [0.4, 0.5) is 0 Å². The predicted octanol–water partition coefficient (Wildman–Crippen LogP) is 2.73. The van der Waals surface area contributed by atoms with Crippen molar-refractivity contribution < 1.29 is 8.42 Å². The fraction of sp³-hybridized carbons (Fsp3) is 0.400. The van der Waals surface area contributed by atoms with Crippen molar-refractivity contribution in [1.82, 2.24) is 0 Å². The molecule has 84 valence electrons. The summed E-state index contributed by atoms with van der Waals surface area (Å²) in [6, 6.07) is 8.06. The van der Waals surface area contributed by atoms with E-state index in [0.29, 0.717) is 5.75 Å². The number of hydrogen-bond acceptors (Lipinski definition) is 3. The molecule has 2 nitrogen and oxygen atoms in total. The first-order valence-electron chi connectivity index (χ1n) is 4.47. The van der Waals surface area contributed by atoms with Crippen LogP contribution < -0.4 is 0 Å². The molecule has 0 saturated carbocycles. The Hall–Kier alpha value is -0.000000000000000111. The molecule has 0 atom stereocenters. The highest BCUT2D eigenvalue weighted by atomic mass is 79.9. The number of rotatable bonds is 5. The highest BCUT2D eigenvalue weighted by Crippen LogP contribution is 2.15. The van der Waals surface area contributed by atoms with Crippen molar-refractivity contribution in [3.05, 3.63) is 34.3 Å². The minimum Gasteiger partial charge on any atom is -0.229 e. The van der Waals surface area contributed by atoms with E-state index in [2.05, 4.69) is 15.9 Å². The Labute approximate surface area is 104 Å². The highest BCUT2D eigenvalue weighted by molar-refractivity contribution is 9.10. The largest absolute Gasteiger partial charge is 0.229 e. The summed E-state index contributed by atoms with van der Waals surface area (Å²) in [6.07, 6.45) is 1.27. The maximum atomic E-state index is 10.9. The molecular weight excluding hydrogens is 296 g/mol. The lowest BCUT2D eigenvalue weighted by molar-refractivity contribution is 0.603. The van der Waals surface area contributed by atoms with Gasteiger partial charge in [0.25, 0.3) is 0 Å². The van der Waals surface area contributed by atoms with Gasteiger partial charge in [-0.25, -0.2) is 8.42 Å². The smallest absolute Gasteiger partial charge is 0.148 e. The summed E-state index contributed by atoms with van der Waals surface area (Å²) in [4.78, 5) is 0. The zero-order chi connectivity index (χ0) is 11.3. The Morgan fingerprint density at radius 1 is 1.27 bits per heavy atom. The van der Waals surface area contributed by atoms with Gasteiger partial charge in [-0.1, -0.05) is 28.1 Å². The average molecular weight is 309 g/mol. The molecule has 0 N–H and O–H groups in total. The molecule has 0 saturated heterocycles. The fourth-order valence-electron chi connectivity index (χ4n) is 0.981. The lowest BCUT2D eigenvalue weighted by atomic mass is 10.2. The molecule has 0 aliphatic heterocycles. The monoisotopic (exact) mass is 308 g/mol. The summed E-state index contributed by atoms with van der Waals surface area (Å²) in [5.74, 6) is 1.78. The van der Waals surface area contributed by atoms with Crippen LogP contribution in [0.15, 0.2) is 28.7 Å². The number of hydrogen-bond donors (Lipinski definition) is 0. The minimum absolute atomic E-state index is 0.258. The van der Waals surface area contributed by atoms with Gasteiger partial charge in [0.1, 0.15) is 9.84 Å². The summed E-state index contributed by atoms with van der Waals surface area (Å²) in [6.45, 7) is 0. The molecule has 0 amide bonds. The Bertz CT molecular complexity index is 398. The van der Waals surface area contributed by atoms with Crippen LogP contribution in [0.2, 0.25) is 0 Å². The Morgan fingerprint density at radius 3 is 2.40 bits per heavy atom. The summed E-state index contributed by atoms with van der Waals surface area (Å²) < 4.78 is 22.8. The third kappa shape index (κ3) is 6.22. The van der Waals surface area contributed by atoms with Crippen molar-refractivity contribution in [2.75, 3.05) is 17.8 Å². The van der Waals surface area contributed by atoms with Gasteiger partial charge in [-0.3, -0.25) is 0 Å². The van der Waals surface area contributed by atoms with Crippen LogP contribution in [0.5, 0.6) is 0 Å². The first kappa shape index (κ1) is 13.1. The van der Waals surface area contributed by atoms with Crippen LogP contribution in [0, 0.1) is 0 Å². The molecule has 5 heteroatoms. The van der Waals surface area contributed by atoms with E-state index in [1.807, 2.05) is 24.3 Å². The van der Waals surface area contributed by atoms with Crippen molar-refractivity contribution in [1.29, 1.82) is 0 Å². The van der Waals surface area contributed by atoms with Crippen LogP contribution in [-0.2, 0) is 15.6 Å². The Morgan fingerprint density at radius 2 is 1.87 bits per heavy atom. The molecule has 1 aromatic carbocycles. The van der Waals surface area contributed by atoms with Crippen molar-refractivity contribution in [3.8, 4) is 0 Å². The molecule has 0 spiro atoms. The second-order valence-electron chi connectivity index (χ2n) is 3.31. The van der Waals surface area contributed by atoms with Crippen molar-refractivity contribution in [3.63, 3.8) is 0 Å². The summed E-state index contributed by atoms with van der Waals surface area (Å²) in [5.41, 5.74) is 1.22. The predicted molar refractivity (Wildman–Crippen MR) is 70.0 cm³/mol. The molecule has 0 heterocycles. The maximum absolute atomic E-state index is 10.9. The van der Waals surface area contributed by atoms with Gasteiger partial charge in [0.05, 0.1) is 5.75 Å². The molecule has 0 aliphatic carbocycles. The third-order valence-electron chi connectivity index (χ3n) is 1.78. The number of benzene rings is 1. The quantitative estimate of drug-likeness (QED) is 0.784. The van der Waals surface area contributed by atoms with Gasteiger partial charge in [0, 0.05) is 22.2 Å². The van der Waals surface area contributed by atoms with Gasteiger partial charge in [-0.15, -0.1) is 0 Å². The first-order valence-corrected chi connectivity index (χ1v) is 8.48. The Balaban J connectivity index is 2.29. The van der Waals surface area contributed by atoms with Gasteiger partial charge in [-0.2, -0.15) is 11.8 Å². The lowest BCUT2D eigenvalue weighted by Gasteiger charge is -2.01. The van der Waals surface area contributed by atoms with Crippen molar-refractivity contribution in [2.45, 2.75) is 5.75 Å². The van der Waals surface area contributed by atoms with Crippen LogP contribution in [-0.4, -0.2) is 26.2 Å². The second kappa shape index (κ2) is 5.92. The van der Waals surface area contributed by atoms with Crippen LogP contribution in [0.3, 0.4) is 0 Å². The summed E-state index contributed by atoms with van der Waals surface area (Å²) in [7, 11) is -2.81.